The van der Waals surface area contributed by atoms with Gasteiger partial charge in [-0.15, -0.1) is 0 Å². The highest BCUT2D eigenvalue weighted by atomic mass is 35.5. The number of likely N-dealkylation sites (N-methyl/N-ethyl adjacent to an activating group) is 1. The Morgan fingerprint density at radius 3 is 2.52 bits per heavy atom. The molecule has 0 radical (unpaired) electrons. The maximum absolute atomic E-state index is 12.1. The van der Waals surface area contributed by atoms with Crippen molar-refractivity contribution in [2.24, 2.45) is 0 Å². The number of aldehydes is 1. The molecule has 0 fully saturated rings. The largest absolute Gasteiger partial charge is 0.330 e. The molecule has 0 bridgehead atoms. The number of benzene rings is 1. The van der Waals surface area contributed by atoms with Crippen LogP contribution in [0.2, 0.25) is 5.02 Å². The molecule has 1 aromatic heterocycles. The SMILES string of the molecule is CC.CCN(C)C/C=C/C(=O)N1CCn2c(C=O)cnc2C1.CCc1ccccc1Cl. The number of carbonyl (C=O) groups is 2. The van der Waals surface area contributed by atoms with Crippen molar-refractivity contribution in [1.82, 2.24) is 19.4 Å². The van der Waals surface area contributed by atoms with Crippen molar-refractivity contribution < 1.29 is 9.59 Å². The van der Waals surface area contributed by atoms with Gasteiger partial charge in [0.1, 0.15) is 11.5 Å². The van der Waals surface area contributed by atoms with E-state index in [1.54, 1.807) is 17.2 Å². The first kappa shape index (κ1) is 26.6. The lowest BCUT2D eigenvalue weighted by Gasteiger charge is -2.27. The average Bonchev–Trinajstić information content (AvgIpc) is 3.23. The standard InChI is InChI=1S/C14H20N4O2.C8H9Cl.C2H6/c1-3-16(2)6-4-5-14(20)17-7-8-18-12(11-19)9-15-13(18)10-17;1-2-7-5-3-4-6-8(7)9;1-2/h4-5,9,11H,3,6-8,10H2,1-2H3;3-6H,2H2,1H3;1-2H3/b5-4+;;. The Kier molecular flexibility index (Phi) is 12.5. The van der Waals surface area contributed by atoms with E-state index in [4.69, 9.17) is 11.6 Å². The number of aromatic nitrogens is 2. The lowest BCUT2D eigenvalue weighted by Crippen LogP contribution is -2.38. The third kappa shape index (κ3) is 8.31. The number of nitrogens with zero attached hydrogens (tertiary/aromatic N) is 4. The molecule has 7 heteroatoms. The zero-order valence-corrected chi connectivity index (χ0v) is 20.1. The van der Waals surface area contributed by atoms with E-state index in [-0.39, 0.29) is 5.91 Å². The van der Waals surface area contributed by atoms with E-state index in [1.165, 1.54) is 5.56 Å². The highest BCUT2D eigenvalue weighted by molar-refractivity contribution is 6.31. The summed E-state index contributed by atoms with van der Waals surface area (Å²) in [6, 6.07) is 7.91. The third-order valence-electron chi connectivity index (χ3n) is 4.88. The minimum atomic E-state index is -0.00333. The maximum atomic E-state index is 12.1. The third-order valence-corrected chi connectivity index (χ3v) is 5.25. The summed E-state index contributed by atoms with van der Waals surface area (Å²) in [7, 11) is 2.01. The molecule has 2 aromatic rings. The number of aryl methyl sites for hydroxylation is 1. The Bertz CT molecular complexity index is 848. The molecule has 0 aliphatic carbocycles. The Hall–Kier alpha value is -2.44. The van der Waals surface area contributed by atoms with E-state index < -0.39 is 0 Å². The van der Waals surface area contributed by atoms with Crippen LogP contribution in [0.1, 0.15) is 49.6 Å². The molecule has 0 N–H and O–H groups in total. The molecule has 1 aliphatic rings. The van der Waals surface area contributed by atoms with E-state index in [2.05, 4.69) is 23.7 Å². The van der Waals surface area contributed by atoms with Crippen molar-refractivity contribution >= 4 is 23.8 Å². The molecule has 0 unspecified atom stereocenters. The van der Waals surface area contributed by atoms with Gasteiger partial charge in [0.25, 0.3) is 0 Å². The fourth-order valence-corrected chi connectivity index (χ4v) is 3.19. The van der Waals surface area contributed by atoms with Gasteiger partial charge in [-0.05, 0) is 31.6 Å². The van der Waals surface area contributed by atoms with Gasteiger partial charge in [-0.3, -0.25) is 9.59 Å². The lowest BCUT2D eigenvalue weighted by atomic mass is 10.2. The van der Waals surface area contributed by atoms with E-state index in [9.17, 15) is 9.59 Å². The summed E-state index contributed by atoms with van der Waals surface area (Å²) < 4.78 is 1.87. The van der Waals surface area contributed by atoms with Crippen LogP contribution in [0.3, 0.4) is 0 Å². The molecule has 0 spiro atoms. The van der Waals surface area contributed by atoms with Gasteiger partial charge in [0, 0.05) is 30.7 Å². The zero-order valence-electron chi connectivity index (χ0n) is 19.3. The topological polar surface area (TPSA) is 58.4 Å². The second-order valence-electron chi connectivity index (χ2n) is 6.83. The van der Waals surface area contributed by atoms with Gasteiger partial charge >= 0.3 is 0 Å². The number of fused-ring (bicyclic) bond motifs is 1. The minimum absolute atomic E-state index is 0.00333. The Morgan fingerprint density at radius 2 is 1.94 bits per heavy atom. The number of rotatable bonds is 6. The van der Waals surface area contributed by atoms with Crippen LogP contribution in [0.5, 0.6) is 0 Å². The van der Waals surface area contributed by atoms with Crippen LogP contribution in [0.4, 0.5) is 0 Å². The number of amides is 1. The molecule has 0 atom stereocenters. The molecular formula is C24H35ClN4O2. The van der Waals surface area contributed by atoms with Crippen molar-refractivity contribution in [3.05, 3.63) is 64.7 Å². The van der Waals surface area contributed by atoms with Crippen molar-refractivity contribution in [3.8, 4) is 0 Å². The summed E-state index contributed by atoms with van der Waals surface area (Å²) in [5, 5.41) is 0.875. The monoisotopic (exact) mass is 446 g/mol. The predicted octanol–water partition coefficient (Wildman–Crippen LogP) is 4.47. The first-order valence-electron chi connectivity index (χ1n) is 10.9. The van der Waals surface area contributed by atoms with Crippen LogP contribution < -0.4 is 0 Å². The van der Waals surface area contributed by atoms with Gasteiger partial charge in [0.15, 0.2) is 6.29 Å². The minimum Gasteiger partial charge on any atom is -0.330 e. The molecule has 0 saturated carbocycles. The fraction of sp³-hybridized carbons (Fsp3) is 0.458. The van der Waals surface area contributed by atoms with Crippen LogP contribution in [0.15, 0.2) is 42.6 Å². The Balaban J connectivity index is 0.000000365. The van der Waals surface area contributed by atoms with Gasteiger partial charge in [0.2, 0.25) is 5.91 Å². The number of halogens is 1. The quantitative estimate of drug-likeness (QED) is 0.485. The molecule has 2 heterocycles. The van der Waals surface area contributed by atoms with E-state index in [1.807, 2.05) is 55.8 Å². The Labute approximate surface area is 191 Å². The molecule has 170 valence electrons. The average molecular weight is 447 g/mol. The summed E-state index contributed by atoms with van der Waals surface area (Å²) in [5.41, 5.74) is 1.80. The van der Waals surface area contributed by atoms with Crippen molar-refractivity contribution in [2.75, 3.05) is 26.7 Å². The highest BCUT2D eigenvalue weighted by Crippen LogP contribution is 2.15. The van der Waals surface area contributed by atoms with Crippen molar-refractivity contribution in [1.29, 1.82) is 0 Å². The predicted molar refractivity (Wildman–Crippen MR) is 128 cm³/mol. The summed E-state index contributed by atoms with van der Waals surface area (Å²) in [6.07, 6.45) is 6.87. The smallest absolute Gasteiger partial charge is 0.246 e. The van der Waals surface area contributed by atoms with Gasteiger partial charge < -0.3 is 14.4 Å². The molecule has 1 aromatic carbocycles. The number of hydrogen-bond donors (Lipinski definition) is 0. The van der Waals surface area contributed by atoms with Crippen LogP contribution >= 0.6 is 11.6 Å². The van der Waals surface area contributed by atoms with Crippen LogP contribution in [0.25, 0.3) is 0 Å². The summed E-state index contributed by atoms with van der Waals surface area (Å²) in [4.78, 5) is 31.0. The second kappa shape index (κ2) is 14.5. The molecule has 31 heavy (non-hydrogen) atoms. The van der Waals surface area contributed by atoms with Crippen molar-refractivity contribution in [3.63, 3.8) is 0 Å². The number of carbonyl (C=O) groups excluding carboxylic acids is 2. The van der Waals surface area contributed by atoms with E-state index >= 15 is 0 Å². The summed E-state index contributed by atoms with van der Waals surface area (Å²) in [6.45, 7) is 11.6. The molecule has 1 amide bonds. The number of hydrogen-bond acceptors (Lipinski definition) is 4. The molecule has 1 aliphatic heterocycles. The second-order valence-corrected chi connectivity index (χ2v) is 7.24. The maximum Gasteiger partial charge on any atom is 0.246 e. The fourth-order valence-electron chi connectivity index (χ4n) is 2.92. The van der Waals surface area contributed by atoms with Crippen LogP contribution in [-0.2, 0) is 24.3 Å². The van der Waals surface area contributed by atoms with E-state index in [0.717, 1.165) is 36.6 Å². The zero-order chi connectivity index (χ0) is 23.2. The van der Waals surface area contributed by atoms with Gasteiger partial charge in [-0.2, -0.15) is 0 Å². The molecule has 6 nitrogen and oxygen atoms in total. The number of imidazole rings is 1. The molecular weight excluding hydrogens is 412 g/mol. The lowest BCUT2D eigenvalue weighted by molar-refractivity contribution is -0.127. The molecule has 0 saturated heterocycles. The molecule has 3 rings (SSSR count). The van der Waals surface area contributed by atoms with Gasteiger partial charge in [0.05, 0.1) is 12.7 Å². The van der Waals surface area contributed by atoms with Gasteiger partial charge in [-0.1, -0.05) is 63.6 Å². The van der Waals surface area contributed by atoms with Crippen molar-refractivity contribution in [2.45, 2.75) is 47.2 Å². The highest BCUT2D eigenvalue weighted by Gasteiger charge is 2.21. The van der Waals surface area contributed by atoms with Crippen LogP contribution in [-0.4, -0.2) is 58.2 Å². The van der Waals surface area contributed by atoms with Gasteiger partial charge in [-0.25, -0.2) is 4.98 Å². The normalized spacial score (nSPS) is 12.5. The first-order valence-corrected chi connectivity index (χ1v) is 11.2. The van der Waals surface area contributed by atoms with E-state index in [0.29, 0.717) is 25.3 Å². The summed E-state index contributed by atoms with van der Waals surface area (Å²) in [5.74, 6) is 0.766. The Morgan fingerprint density at radius 1 is 1.23 bits per heavy atom. The van der Waals surface area contributed by atoms with Crippen LogP contribution in [0, 0.1) is 0 Å². The summed E-state index contributed by atoms with van der Waals surface area (Å²) >= 11 is 5.82. The first-order chi connectivity index (χ1) is 15.0.